The van der Waals surface area contributed by atoms with Gasteiger partial charge in [0.05, 0.1) is 5.69 Å². The predicted octanol–water partition coefficient (Wildman–Crippen LogP) is 5.12. The zero-order valence-electron chi connectivity index (χ0n) is 14.3. The molecule has 6 heteroatoms. The largest absolute Gasteiger partial charge is 0.361 e. The predicted molar refractivity (Wildman–Crippen MR) is 108 cm³/mol. The Hall–Kier alpha value is -2.18. The number of benzene rings is 1. The first kappa shape index (κ1) is 17.6. The Balaban J connectivity index is 1.57. The van der Waals surface area contributed by atoms with Crippen LogP contribution < -0.4 is 10.6 Å². The van der Waals surface area contributed by atoms with E-state index in [2.05, 4.69) is 38.5 Å². The molecule has 0 aliphatic carbocycles. The number of carbonyl (C=O) groups is 1. The summed E-state index contributed by atoms with van der Waals surface area (Å²) in [5, 5.41) is 11.4. The minimum absolute atomic E-state index is 0.0265. The number of anilines is 2. The first-order chi connectivity index (χ1) is 12.1. The minimum atomic E-state index is -0.0268. The lowest BCUT2D eigenvalue weighted by Crippen LogP contribution is -2.17. The average molecular weight is 372 g/mol. The Morgan fingerprint density at radius 1 is 1.16 bits per heavy atom. The summed E-state index contributed by atoms with van der Waals surface area (Å²) in [6.45, 7) is 4.64. The highest BCUT2D eigenvalue weighted by atomic mass is 32.1. The molecule has 0 saturated carbocycles. The van der Waals surface area contributed by atoms with Crippen molar-refractivity contribution in [1.29, 1.82) is 0 Å². The zero-order chi connectivity index (χ0) is 17.6. The molecule has 130 valence electrons. The number of rotatable bonds is 7. The van der Waals surface area contributed by atoms with Gasteiger partial charge in [0, 0.05) is 34.0 Å². The molecule has 0 aliphatic heterocycles. The van der Waals surface area contributed by atoms with Gasteiger partial charge < -0.3 is 10.6 Å². The van der Waals surface area contributed by atoms with Crippen LogP contribution >= 0.6 is 22.7 Å². The fourth-order valence-electron chi connectivity index (χ4n) is 2.25. The highest BCUT2D eigenvalue weighted by Crippen LogP contribution is 2.26. The van der Waals surface area contributed by atoms with E-state index < -0.39 is 0 Å². The molecular weight excluding hydrogens is 350 g/mol. The number of nitrogens with one attached hydrogen (secondary N) is 2. The minimum Gasteiger partial charge on any atom is -0.361 e. The molecule has 0 unspecified atom stereocenters. The molecule has 0 radical (unpaired) electrons. The molecule has 0 atom stereocenters. The van der Waals surface area contributed by atoms with Crippen LogP contribution in [0.25, 0.3) is 11.3 Å². The fraction of sp³-hybridized carbons (Fsp3) is 0.263. The monoisotopic (exact) mass is 371 g/mol. The summed E-state index contributed by atoms with van der Waals surface area (Å²) in [7, 11) is 0. The van der Waals surface area contributed by atoms with Gasteiger partial charge in [-0.1, -0.05) is 32.0 Å². The van der Waals surface area contributed by atoms with E-state index >= 15 is 0 Å². The van der Waals surface area contributed by atoms with Crippen molar-refractivity contribution in [2.24, 2.45) is 5.92 Å². The van der Waals surface area contributed by atoms with E-state index in [-0.39, 0.29) is 11.8 Å². The highest BCUT2D eigenvalue weighted by Gasteiger charge is 2.08. The normalized spacial score (nSPS) is 10.8. The third-order valence-corrected chi connectivity index (χ3v) is 5.44. The summed E-state index contributed by atoms with van der Waals surface area (Å²) < 4.78 is 0. The summed E-state index contributed by atoms with van der Waals surface area (Å²) in [4.78, 5) is 17.7. The average Bonchev–Trinajstić information content (AvgIpc) is 3.27. The third-order valence-electron chi connectivity index (χ3n) is 3.70. The van der Waals surface area contributed by atoms with Crippen molar-refractivity contribution in [2.45, 2.75) is 20.3 Å². The summed E-state index contributed by atoms with van der Waals surface area (Å²) in [5.41, 5.74) is 2.81. The van der Waals surface area contributed by atoms with Crippen LogP contribution in [0, 0.1) is 5.92 Å². The van der Waals surface area contributed by atoms with E-state index in [4.69, 9.17) is 0 Å². The standard InChI is InChI=1S/C19H21N3OS2/c1-13(2)18(23)21-15-7-5-14(6-8-15)17-12-25-19(22-17)20-10-9-16-4-3-11-24-16/h3-8,11-13H,9-10H2,1-2H3,(H,20,22)(H,21,23). The maximum absolute atomic E-state index is 11.7. The summed E-state index contributed by atoms with van der Waals surface area (Å²) in [5.74, 6) is -0.000313. The number of amides is 1. The summed E-state index contributed by atoms with van der Waals surface area (Å²) in [6, 6.07) is 12.0. The number of hydrogen-bond acceptors (Lipinski definition) is 5. The van der Waals surface area contributed by atoms with Crippen molar-refractivity contribution in [3.8, 4) is 11.3 Å². The number of thiophene rings is 1. The molecule has 3 aromatic rings. The van der Waals surface area contributed by atoms with Gasteiger partial charge in [0.25, 0.3) is 0 Å². The van der Waals surface area contributed by atoms with Gasteiger partial charge in [0.1, 0.15) is 0 Å². The molecule has 4 nitrogen and oxygen atoms in total. The molecule has 2 aromatic heterocycles. The SMILES string of the molecule is CC(C)C(=O)Nc1ccc(-c2csc(NCCc3cccs3)n2)cc1. The van der Waals surface area contributed by atoms with E-state index in [1.807, 2.05) is 38.1 Å². The van der Waals surface area contributed by atoms with Crippen LogP contribution in [0.3, 0.4) is 0 Å². The Kier molecular flexibility index (Phi) is 5.83. The molecule has 2 heterocycles. The second kappa shape index (κ2) is 8.27. The van der Waals surface area contributed by atoms with Crippen LogP contribution in [0.4, 0.5) is 10.8 Å². The topological polar surface area (TPSA) is 54.0 Å². The van der Waals surface area contributed by atoms with Gasteiger partial charge in [-0.25, -0.2) is 4.98 Å². The van der Waals surface area contributed by atoms with Gasteiger partial charge in [0.2, 0.25) is 5.91 Å². The number of thiazole rings is 1. The van der Waals surface area contributed by atoms with Crippen molar-refractivity contribution in [1.82, 2.24) is 4.98 Å². The van der Waals surface area contributed by atoms with Crippen molar-refractivity contribution >= 4 is 39.4 Å². The van der Waals surface area contributed by atoms with E-state index in [9.17, 15) is 4.79 Å². The molecule has 1 aromatic carbocycles. The van der Waals surface area contributed by atoms with Crippen LogP contribution in [0.5, 0.6) is 0 Å². The molecule has 1 amide bonds. The Morgan fingerprint density at radius 2 is 1.96 bits per heavy atom. The number of nitrogens with zero attached hydrogens (tertiary/aromatic N) is 1. The smallest absolute Gasteiger partial charge is 0.226 e. The van der Waals surface area contributed by atoms with Gasteiger partial charge in [-0.05, 0) is 30.0 Å². The van der Waals surface area contributed by atoms with Crippen molar-refractivity contribution in [3.63, 3.8) is 0 Å². The molecule has 0 spiro atoms. The van der Waals surface area contributed by atoms with Crippen molar-refractivity contribution < 1.29 is 4.79 Å². The maximum Gasteiger partial charge on any atom is 0.226 e. The second-order valence-corrected chi connectivity index (χ2v) is 7.91. The first-order valence-corrected chi connectivity index (χ1v) is 10.0. The molecule has 0 fully saturated rings. The lowest BCUT2D eigenvalue weighted by Gasteiger charge is -2.07. The quantitative estimate of drug-likeness (QED) is 0.606. The molecule has 25 heavy (non-hydrogen) atoms. The Labute approximate surface area is 155 Å². The highest BCUT2D eigenvalue weighted by molar-refractivity contribution is 7.14. The van der Waals surface area contributed by atoms with Crippen molar-refractivity contribution in [3.05, 3.63) is 52.0 Å². The van der Waals surface area contributed by atoms with Crippen LogP contribution in [0.15, 0.2) is 47.2 Å². The number of carbonyl (C=O) groups excluding carboxylic acids is 1. The number of hydrogen-bond donors (Lipinski definition) is 2. The van der Waals surface area contributed by atoms with Crippen LogP contribution in [0.1, 0.15) is 18.7 Å². The van der Waals surface area contributed by atoms with Crippen LogP contribution in [-0.2, 0) is 11.2 Å². The van der Waals surface area contributed by atoms with Crippen molar-refractivity contribution in [2.75, 3.05) is 17.2 Å². The summed E-state index contributed by atoms with van der Waals surface area (Å²) in [6.07, 6.45) is 1.01. The van der Waals surface area contributed by atoms with Gasteiger partial charge in [-0.3, -0.25) is 4.79 Å². The van der Waals surface area contributed by atoms with E-state index in [0.717, 1.165) is 35.0 Å². The van der Waals surface area contributed by atoms with Crippen LogP contribution in [-0.4, -0.2) is 17.4 Å². The van der Waals surface area contributed by atoms with Gasteiger partial charge >= 0.3 is 0 Å². The lowest BCUT2D eigenvalue weighted by atomic mass is 10.1. The van der Waals surface area contributed by atoms with E-state index in [1.165, 1.54) is 4.88 Å². The molecular formula is C19H21N3OS2. The van der Waals surface area contributed by atoms with E-state index in [0.29, 0.717) is 0 Å². The number of aromatic nitrogens is 1. The van der Waals surface area contributed by atoms with E-state index in [1.54, 1.807) is 22.7 Å². The second-order valence-electron chi connectivity index (χ2n) is 6.02. The molecule has 0 saturated heterocycles. The molecule has 2 N–H and O–H groups in total. The van der Waals surface area contributed by atoms with Gasteiger partial charge in [-0.2, -0.15) is 0 Å². The van der Waals surface area contributed by atoms with Gasteiger partial charge in [0.15, 0.2) is 5.13 Å². The molecule has 0 bridgehead atoms. The maximum atomic E-state index is 11.7. The van der Waals surface area contributed by atoms with Gasteiger partial charge in [-0.15, -0.1) is 22.7 Å². The molecule has 3 rings (SSSR count). The first-order valence-electron chi connectivity index (χ1n) is 8.25. The van der Waals surface area contributed by atoms with Crippen LogP contribution in [0.2, 0.25) is 0 Å². The molecule has 0 aliphatic rings. The Bertz CT molecular complexity index is 808. The fourth-order valence-corrected chi connectivity index (χ4v) is 3.70. The summed E-state index contributed by atoms with van der Waals surface area (Å²) >= 11 is 3.39. The Morgan fingerprint density at radius 3 is 2.64 bits per heavy atom. The lowest BCUT2D eigenvalue weighted by molar-refractivity contribution is -0.118. The zero-order valence-corrected chi connectivity index (χ0v) is 15.9. The third kappa shape index (κ3) is 4.90.